The molecule has 0 radical (unpaired) electrons. The molecule has 0 saturated heterocycles. The molecule has 0 aliphatic carbocycles. The molecule has 1 aromatic heterocycles. The van der Waals surface area contributed by atoms with Gasteiger partial charge in [-0.2, -0.15) is 0 Å². The molecule has 1 heterocycles. The van der Waals surface area contributed by atoms with E-state index in [2.05, 4.69) is 10.3 Å². The highest BCUT2D eigenvalue weighted by atomic mass is 32.1. The van der Waals surface area contributed by atoms with Crippen molar-refractivity contribution in [2.24, 2.45) is 0 Å². The summed E-state index contributed by atoms with van der Waals surface area (Å²) in [5, 5.41) is 5.18. The van der Waals surface area contributed by atoms with E-state index in [9.17, 15) is 13.6 Å². The molecule has 3 nitrogen and oxygen atoms in total. The second kappa shape index (κ2) is 7.31. The number of thiazole rings is 1. The van der Waals surface area contributed by atoms with E-state index in [1.54, 1.807) is 29.6 Å². The van der Waals surface area contributed by atoms with Gasteiger partial charge in [0.05, 0.1) is 12.1 Å². The highest BCUT2D eigenvalue weighted by Gasteiger charge is 2.09. The van der Waals surface area contributed by atoms with Crippen LogP contribution in [0.4, 0.5) is 8.78 Å². The monoisotopic (exact) mass is 344 g/mol. The van der Waals surface area contributed by atoms with Gasteiger partial charge < -0.3 is 5.32 Å². The van der Waals surface area contributed by atoms with Crippen LogP contribution in [0, 0.1) is 11.6 Å². The fraction of sp³-hybridized carbons (Fsp3) is 0.111. The zero-order valence-corrected chi connectivity index (χ0v) is 13.4. The molecule has 3 aromatic rings. The normalized spacial score (nSPS) is 10.6. The summed E-state index contributed by atoms with van der Waals surface area (Å²) in [5.74, 6) is -0.853. The van der Waals surface area contributed by atoms with Crippen LogP contribution in [0.2, 0.25) is 0 Å². The highest BCUT2D eigenvalue weighted by molar-refractivity contribution is 7.13. The van der Waals surface area contributed by atoms with Gasteiger partial charge in [-0.05, 0) is 29.8 Å². The number of halogens is 2. The fourth-order valence-electron chi connectivity index (χ4n) is 2.22. The summed E-state index contributed by atoms with van der Waals surface area (Å²) in [4.78, 5) is 16.3. The van der Waals surface area contributed by atoms with Gasteiger partial charge in [-0.15, -0.1) is 11.3 Å². The summed E-state index contributed by atoms with van der Waals surface area (Å²) >= 11 is 1.36. The van der Waals surface area contributed by atoms with Crippen molar-refractivity contribution < 1.29 is 13.6 Å². The van der Waals surface area contributed by atoms with Crippen LogP contribution in [0.25, 0.3) is 10.6 Å². The van der Waals surface area contributed by atoms with E-state index in [4.69, 9.17) is 0 Å². The number of benzene rings is 2. The third-order valence-electron chi connectivity index (χ3n) is 3.34. The summed E-state index contributed by atoms with van der Waals surface area (Å²) in [6.07, 6.45) is 0.126. The number of amides is 1. The Bertz CT molecular complexity index is 863. The fourth-order valence-corrected chi connectivity index (χ4v) is 3.03. The molecule has 6 heteroatoms. The molecule has 0 spiro atoms. The van der Waals surface area contributed by atoms with Gasteiger partial charge in [0.2, 0.25) is 5.91 Å². The third-order valence-corrected chi connectivity index (χ3v) is 4.28. The van der Waals surface area contributed by atoms with Gasteiger partial charge in [0.15, 0.2) is 0 Å². The summed E-state index contributed by atoms with van der Waals surface area (Å²) in [6.45, 7) is 0.261. The van der Waals surface area contributed by atoms with E-state index in [1.165, 1.54) is 35.6 Å². The first-order valence-electron chi connectivity index (χ1n) is 7.31. The molecule has 1 amide bonds. The van der Waals surface area contributed by atoms with Crippen LogP contribution in [-0.4, -0.2) is 10.9 Å². The second-order valence-electron chi connectivity index (χ2n) is 5.24. The first kappa shape index (κ1) is 16.3. The molecule has 3 rings (SSSR count). The van der Waals surface area contributed by atoms with Gasteiger partial charge >= 0.3 is 0 Å². The summed E-state index contributed by atoms with van der Waals surface area (Å²) in [6, 6.07) is 12.3. The summed E-state index contributed by atoms with van der Waals surface area (Å²) < 4.78 is 26.3. The molecule has 0 bridgehead atoms. The van der Waals surface area contributed by atoms with E-state index in [1.807, 2.05) is 0 Å². The van der Waals surface area contributed by atoms with Crippen molar-refractivity contribution in [3.63, 3.8) is 0 Å². The van der Waals surface area contributed by atoms with Crippen LogP contribution < -0.4 is 5.32 Å². The van der Waals surface area contributed by atoms with Crippen LogP contribution in [-0.2, 0) is 17.8 Å². The molecule has 0 aliphatic rings. The topological polar surface area (TPSA) is 42.0 Å². The minimum absolute atomic E-state index is 0.126. The average molecular weight is 344 g/mol. The Labute approximate surface area is 142 Å². The second-order valence-corrected chi connectivity index (χ2v) is 6.10. The van der Waals surface area contributed by atoms with E-state index >= 15 is 0 Å². The molecular weight excluding hydrogens is 330 g/mol. The Hall–Kier alpha value is -2.60. The van der Waals surface area contributed by atoms with E-state index in [-0.39, 0.29) is 30.5 Å². The lowest BCUT2D eigenvalue weighted by molar-refractivity contribution is -0.120. The molecule has 122 valence electrons. The molecule has 24 heavy (non-hydrogen) atoms. The SMILES string of the molecule is O=C(Cc1csc(-c2cccc(F)c2)n1)NCc1cccc(F)c1. The van der Waals surface area contributed by atoms with Crippen molar-refractivity contribution in [3.8, 4) is 10.6 Å². The van der Waals surface area contributed by atoms with Crippen LogP contribution in [0.5, 0.6) is 0 Å². The molecule has 0 saturated carbocycles. The zero-order chi connectivity index (χ0) is 16.9. The van der Waals surface area contributed by atoms with Crippen molar-refractivity contribution >= 4 is 17.2 Å². The number of aromatic nitrogens is 1. The average Bonchev–Trinajstić information content (AvgIpc) is 3.01. The van der Waals surface area contributed by atoms with Crippen LogP contribution in [0.1, 0.15) is 11.3 Å². The summed E-state index contributed by atoms with van der Waals surface area (Å²) in [5.41, 5.74) is 2.00. The maximum atomic E-state index is 13.2. The number of carbonyl (C=O) groups excluding carboxylic acids is 1. The molecule has 0 fully saturated rings. The van der Waals surface area contributed by atoms with Crippen LogP contribution in [0.3, 0.4) is 0 Å². The lowest BCUT2D eigenvalue weighted by atomic mass is 10.2. The highest BCUT2D eigenvalue weighted by Crippen LogP contribution is 2.24. The van der Waals surface area contributed by atoms with E-state index < -0.39 is 0 Å². The molecule has 1 N–H and O–H groups in total. The van der Waals surface area contributed by atoms with Gasteiger partial charge in [-0.25, -0.2) is 13.8 Å². The minimum Gasteiger partial charge on any atom is -0.352 e. The van der Waals surface area contributed by atoms with Gasteiger partial charge in [-0.3, -0.25) is 4.79 Å². The number of nitrogens with one attached hydrogen (secondary N) is 1. The van der Waals surface area contributed by atoms with Gasteiger partial charge in [0.1, 0.15) is 16.6 Å². The van der Waals surface area contributed by atoms with Gasteiger partial charge in [-0.1, -0.05) is 24.3 Å². The maximum Gasteiger partial charge on any atom is 0.226 e. The molecular formula is C18H14F2N2OS. The number of carbonyl (C=O) groups is 1. The molecule has 0 atom stereocenters. The molecule has 2 aromatic carbocycles. The largest absolute Gasteiger partial charge is 0.352 e. The summed E-state index contributed by atoms with van der Waals surface area (Å²) in [7, 11) is 0. The number of hydrogen-bond donors (Lipinski definition) is 1. The van der Waals surface area contributed by atoms with Crippen molar-refractivity contribution in [3.05, 3.63) is 76.8 Å². The lowest BCUT2D eigenvalue weighted by Gasteiger charge is -2.04. The standard InChI is InChI=1S/C18H14F2N2OS/c19-14-5-1-3-12(7-14)10-21-17(23)9-16-11-24-18(22-16)13-4-2-6-15(20)8-13/h1-8,11H,9-10H2,(H,21,23). The van der Waals surface area contributed by atoms with Crippen LogP contribution >= 0.6 is 11.3 Å². The number of nitrogens with zero attached hydrogens (tertiary/aromatic N) is 1. The van der Waals surface area contributed by atoms with Gasteiger partial charge in [0, 0.05) is 17.5 Å². The lowest BCUT2D eigenvalue weighted by Crippen LogP contribution is -2.24. The predicted molar refractivity (Wildman–Crippen MR) is 89.5 cm³/mol. The van der Waals surface area contributed by atoms with E-state index in [0.29, 0.717) is 21.8 Å². The van der Waals surface area contributed by atoms with Crippen molar-refractivity contribution in [1.29, 1.82) is 0 Å². The van der Waals surface area contributed by atoms with Gasteiger partial charge in [0.25, 0.3) is 0 Å². The smallest absolute Gasteiger partial charge is 0.226 e. The first-order chi connectivity index (χ1) is 11.6. The van der Waals surface area contributed by atoms with Crippen molar-refractivity contribution in [2.75, 3.05) is 0 Å². The Morgan fingerprint density at radius 3 is 2.58 bits per heavy atom. The Balaban J connectivity index is 1.59. The zero-order valence-electron chi connectivity index (χ0n) is 12.6. The molecule has 0 unspecified atom stereocenters. The Kier molecular flexibility index (Phi) is 4.96. The van der Waals surface area contributed by atoms with Crippen molar-refractivity contribution in [1.82, 2.24) is 10.3 Å². The minimum atomic E-state index is -0.332. The van der Waals surface area contributed by atoms with Crippen LogP contribution in [0.15, 0.2) is 53.9 Å². The quantitative estimate of drug-likeness (QED) is 0.761. The Morgan fingerprint density at radius 1 is 1.08 bits per heavy atom. The first-order valence-corrected chi connectivity index (χ1v) is 8.19. The van der Waals surface area contributed by atoms with Crippen molar-refractivity contribution in [2.45, 2.75) is 13.0 Å². The van der Waals surface area contributed by atoms with E-state index in [0.717, 1.165) is 0 Å². The predicted octanol–water partition coefficient (Wildman–Crippen LogP) is 3.95. The number of hydrogen-bond acceptors (Lipinski definition) is 3. The molecule has 0 aliphatic heterocycles. The Morgan fingerprint density at radius 2 is 1.83 bits per heavy atom. The third kappa shape index (κ3) is 4.23. The number of rotatable bonds is 5. The maximum absolute atomic E-state index is 13.2.